The average Bonchev–Trinajstić information content (AvgIpc) is 0.811. The second kappa shape index (κ2) is 1.96. The van der Waals surface area contributed by atoms with Crippen molar-refractivity contribution in [3.63, 3.8) is 0 Å². The van der Waals surface area contributed by atoms with Gasteiger partial charge < -0.3 is 0 Å². The van der Waals surface area contributed by atoms with Crippen LogP contribution in [0.15, 0.2) is 0 Å². The van der Waals surface area contributed by atoms with Gasteiger partial charge in [-0.25, -0.2) is 0 Å². The Morgan fingerprint density at radius 3 is 2.00 bits per heavy atom. The van der Waals surface area contributed by atoms with Gasteiger partial charge in [0, 0.05) is 0 Å². The molecule has 22 valence electrons. The molecule has 0 bridgehead atoms. The van der Waals surface area contributed by atoms with Crippen molar-refractivity contribution in [2.45, 2.75) is 0 Å². The topological polar surface area (TPSA) is 26.0 Å². The van der Waals surface area contributed by atoms with Gasteiger partial charge in [-0.15, -0.1) is 0 Å². The first kappa shape index (κ1) is 4.69. The van der Waals surface area contributed by atoms with Gasteiger partial charge in [-0.2, -0.15) is 0 Å². The van der Waals surface area contributed by atoms with Gasteiger partial charge in [-0.05, 0) is 0 Å². The fourth-order valence-corrected chi connectivity index (χ4v) is 0. The molecule has 0 aliphatic heterocycles. The molecule has 0 aromatic rings. The Kier molecular flexibility index (Phi) is 2.30. The molecule has 0 rings (SSSR count). The molecule has 2 radical (unpaired) electrons. The van der Waals surface area contributed by atoms with E-state index in [1.54, 1.807) is 0 Å². The van der Waals surface area contributed by atoms with Crippen LogP contribution in [-0.2, 0) is 0 Å². The molecule has 0 heterocycles. The Morgan fingerprint density at radius 2 is 2.00 bits per heavy atom. The van der Waals surface area contributed by atoms with Gasteiger partial charge in [-0.3, -0.25) is 0 Å². The van der Waals surface area contributed by atoms with E-state index in [9.17, 15) is 0 Å². The zero-order valence-electron chi connectivity index (χ0n) is 2.06. The number of rotatable bonds is 0. The summed E-state index contributed by atoms with van der Waals surface area (Å²) < 4.78 is 0.630. The molecular formula is CH3NSSn. The minimum absolute atomic E-state index is 0.630. The number of nitrogens with two attached hydrogens (primary N) is 1. The normalized spacial score (nSPS) is 6.25. The van der Waals surface area contributed by atoms with E-state index in [-0.39, 0.29) is 0 Å². The van der Waals surface area contributed by atoms with Crippen LogP contribution in [0.25, 0.3) is 0 Å². The standard InChI is InChI=1S/CH2NS.Sn.H/c2-1-3;;/h(H2,2,3);;. The maximum atomic E-state index is 4.90. The molecule has 0 atom stereocenters. The van der Waals surface area contributed by atoms with E-state index in [1.807, 2.05) is 0 Å². The quantitative estimate of drug-likeness (QED) is 0.387. The summed E-state index contributed by atoms with van der Waals surface area (Å²) in [5.74, 6) is 0. The van der Waals surface area contributed by atoms with Gasteiger partial charge in [0.25, 0.3) is 0 Å². The molecular weight excluding hydrogens is 177 g/mol. The molecule has 0 aromatic heterocycles. The summed E-state index contributed by atoms with van der Waals surface area (Å²) in [5, 5.41) is 0. The van der Waals surface area contributed by atoms with Crippen molar-refractivity contribution >= 4 is 37.7 Å². The first-order valence-corrected chi connectivity index (χ1v) is 2.84. The zero-order chi connectivity index (χ0) is 3.58. The summed E-state index contributed by atoms with van der Waals surface area (Å²) in [5.41, 5.74) is 4.90. The summed E-state index contributed by atoms with van der Waals surface area (Å²) in [6, 6.07) is 0. The molecule has 0 aliphatic rings. The van der Waals surface area contributed by atoms with Gasteiger partial charge in [-0.1, -0.05) is 0 Å². The Labute approximate surface area is 43.6 Å². The van der Waals surface area contributed by atoms with E-state index in [2.05, 4.69) is 12.2 Å². The van der Waals surface area contributed by atoms with Crippen LogP contribution in [-0.4, -0.2) is 25.5 Å². The number of hydrogen-bond donors (Lipinski definition) is 1. The predicted molar refractivity (Wildman–Crippen MR) is 23.9 cm³/mol. The molecule has 2 N–H and O–H groups in total. The van der Waals surface area contributed by atoms with Crippen molar-refractivity contribution < 1.29 is 0 Å². The van der Waals surface area contributed by atoms with Crippen LogP contribution in [0.4, 0.5) is 0 Å². The first-order chi connectivity index (χ1) is 1.73. The molecule has 0 aromatic carbocycles. The monoisotopic (exact) mass is 181 g/mol. The van der Waals surface area contributed by atoms with Gasteiger partial charge in [0.1, 0.15) is 0 Å². The third kappa shape index (κ3) is 16.2. The van der Waals surface area contributed by atoms with Gasteiger partial charge in [0.2, 0.25) is 0 Å². The Hall–Kier alpha value is 0.689. The Balaban J connectivity index is 2.80. The van der Waals surface area contributed by atoms with Crippen LogP contribution < -0.4 is 5.73 Å². The van der Waals surface area contributed by atoms with E-state index in [0.29, 0.717) is 3.00 Å². The van der Waals surface area contributed by atoms with E-state index in [4.69, 9.17) is 5.73 Å². The summed E-state index contributed by atoms with van der Waals surface area (Å²) in [7, 11) is 0. The maximum absolute atomic E-state index is 4.90. The van der Waals surface area contributed by atoms with Crippen LogP contribution >= 0.6 is 12.2 Å². The predicted octanol–water partition coefficient (Wildman–Crippen LogP) is -0.869. The molecule has 0 spiro atoms. The van der Waals surface area contributed by atoms with E-state index in [1.165, 1.54) is 0 Å². The van der Waals surface area contributed by atoms with Crippen LogP contribution in [0.3, 0.4) is 0 Å². The summed E-state index contributed by atoms with van der Waals surface area (Å²) in [6.07, 6.45) is 0. The van der Waals surface area contributed by atoms with Crippen molar-refractivity contribution in [3.05, 3.63) is 0 Å². The van der Waals surface area contributed by atoms with E-state index in [0.717, 1.165) is 22.5 Å². The molecule has 4 heavy (non-hydrogen) atoms. The Morgan fingerprint density at radius 1 is 2.00 bits per heavy atom. The number of hydrogen-bond acceptors (Lipinski definition) is 1. The van der Waals surface area contributed by atoms with Gasteiger partial charge >= 0.3 is 43.5 Å². The summed E-state index contributed by atoms with van der Waals surface area (Å²) in [4.78, 5) is 0. The number of thiocarbonyl (C=S) groups is 1. The minimum atomic E-state index is 0.630. The third-order valence-electron chi connectivity index (χ3n) is 0. The fourth-order valence-electron chi connectivity index (χ4n) is 0. The van der Waals surface area contributed by atoms with Crippen molar-refractivity contribution in [2.75, 3.05) is 0 Å². The van der Waals surface area contributed by atoms with Gasteiger partial charge in [0.15, 0.2) is 0 Å². The van der Waals surface area contributed by atoms with Crippen molar-refractivity contribution in [1.82, 2.24) is 0 Å². The first-order valence-electron chi connectivity index (χ1n) is 0.781. The molecule has 0 amide bonds. The molecule has 0 saturated carbocycles. The molecule has 0 saturated heterocycles. The molecule has 1 nitrogen and oxygen atoms in total. The van der Waals surface area contributed by atoms with Crippen LogP contribution in [0.2, 0.25) is 0 Å². The third-order valence-corrected chi connectivity index (χ3v) is 0. The summed E-state index contributed by atoms with van der Waals surface area (Å²) in [6.45, 7) is 0. The molecule has 0 fully saturated rings. The molecule has 0 unspecified atom stereocenters. The average molecular weight is 180 g/mol. The molecule has 0 aliphatic carbocycles. The zero-order valence-corrected chi connectivity index (χ0v) is 6.18. The molecule has 3 heteroatoms. The fraction of sp³-hybridized carbons (Fsp3) is 0. The van der Waals surface area contributed by atoms with Crippen LogP contribution in [0, 0.1) is 0 Å². The second-order valence-electron chi connectivity index (χ2n) is 0.402. The Bertz CT molecular complexity index is 31.0. The SMILES string of the molecule is N[C](=S)[SnH]. The van der Waals surface area contributed by atoms with Crippen LogP contribution in [0.1, 0.15) is 0 Å². The van der Waals surface area contributed by atoms with E-state index >= 15 is 0 Å². The van der Waals surface area contributed by atoms with Crippen molar-refractivity contribution in [2.24, 2.45) is 5.73 Å². The van der Waals surface area contributed by atoms with Crippen LogP contribution in [0.5, 0.6) is 0 Å². The van der Waals surface area contributed by atoms with E-state index < -0.39 is 0 Å². The summed E-state index contributed by atoms with van der Waals surface area (Å²) >= 11 is 5.28. The van der Waals surface area contributed by atoms with Gasteiger partial charge in [0.05, 0.1) is 0 Å². The second-order valence-corrected chi connectivity index (χ2v) is 3.84. The van der Waals surface area contributed by atoms with Crippen molar-refractivity contribution in [1.29, 1.82) is 0 Å². The van der Waals surface area contributed by atoms with Crippen molar-refractivity contribution in [3.8, 4) is 0 Å².